The molecule has 3 unspecified atom stereocenters. The Bertz CT molecular complexity index is 381. The highest BCUT2D eigenvalue weighted by Gasteiger charge is 2.51. The van der Waals surface area contributed by atoms with Gasteiger partial charge in [-0.2, -0.15) is 0 Å². The Hall–Kier alpha value is -0.170. The third kappa shape index (κ3) is 3.66. The van der Waals surface area contributed by atoms with Crippen LogP contribution in [0.5, 0.6) is 0 Å². The van der Waals surface area contributed by atoms with Crippen molar-refractivity contribution in [2.45, 2.75) is 94.1 Å². The molecule has 0 spiro atoms. The Morgan fingerprint density at radius 1 is 0.955 bits per heavy atom. The van der Waals surface area contributed by atoms with Crippen LogP contribution in [0.15, 0.2) is 0 Å². The van der Waals surface area contributed by atoms with E-state index in [0.717, 1.165) is 11.7 Å². The molecule has 0 aromatic carbocycles. The Morgan fingerprint density at radius 3 is 2.36 bits per heavy atom. The number of hydrogen-bond donors (Lipinski definition) is 2. The Kier molecular flexibility index (Phi) is 6.13. The van der Waals surface area contributed by atoms with Crippen LogP contribution in [-0.2, 0) is 0 Å². The van der Waals surface area contributed by atoms with Crippen LogP contribution in [0.2, 0.25) is 0 Å². The van der Waals surface area contributed by atoms with E-state index in [0.29, 0.717) is 17.1 Å². The van der Waals surface area contributed by atoms with Crippen LogP contribution in [0, 0.1) is 18.3 Å². The summed E-state index contributed by atoms with van der Waals surface area (Å²) in [7, 11) is 0. The largest absolute Gasteiger partial charge is 0.289 e. The van der Waals surface area contributed by atoms with Gasteiger partial charge in [-0.15, -0.1) is 18.2 Å². The molecular weight excluding hydrogens is 288 g/mol. The van der Waals surface area contributed by atoms with Crippen molar-refractivity contribution in [3.8, 4) is 12.3 Å². The second-order valence-corrected chi connectivity index (χ2v) is 8.53. The molecule has 2 N–H and O–H groups in total. The summed E-state index contributed by atoms with van der Waals surface area (Å²) < 4.78 is 0. The molecule has 3 atom stereocenters. The summed E-state index contributed by atoms with van der Waals surface area (Å²) in [5.41, 5.74) is 0.723. The van der Waals surface area contributed by atoms with E-state index in [9.17, 15) is 0 Å². The van der Waals surface area contributed by atoms with E-state index in [1.165, 1.54) is 77.0 Å². The van der Waals surface area contributed by atoms with E-state index in [4.69, 9.17) is 6.42 Å². The lowest BCUT2D eigenvalue weighted by molar-refractivity contribution is 0.133. The average Bonchev–Trinajstić information content (AvgIpc) is 2.97. The minimum absolute atomic E-state index is 0.356. The highest BCUT2D eigenvalue weighted by molar-refractivity contribution is 8.00. The lowest BCUT2D eigenvalue weighted by atomic mass is 9.67. The van der Waals surface area contributed by atoms with E-state index < -0.39 is 0 Å². The van der Waals surface area contributed by atoms with Crippen molar-refractivity contribution < 1.29 is 0 Å². The molecular formula is C19H32N2S. The molecule has 0 aromatic heterocycles. The smallest absolute Gasteiger partial charge is 0.107 e. The van der Waals surface area contributed by atoms with Gasteiger partial charge in [-0.05, 0) is 31.6 Å². The zero-order valence-electron chi connectivity index (χ0n) is 13.9. The number of fused-ring (bicyclic) bond motifs is 1. The number of terminal acetylenes is 1. The monoisotopic (exact) mass is 320 g/mol. The molecule has 22 heavy (non-hydrogen) atoms. The Morgan fingerprint density at radius 2 is 1.64 bits per heavy atom. The molecule has 3 rings (SSSR count). The fourth-order valence-corrected chi connectivity index (χ4v) is 5.87. The van der Waals surface area contributed by atoms with Crippen molar-refractivity contribution in [1.29, 1.82) is 0 Å². The Labute approximate surface area is 141 Å². The summed E-state index contributed by atoms with van der Waals surface area (Å²) in [6, 6.07) is 0.669. The third-order valence-electron chi connectivity index (χ3n) is 6.12. The molecule has 2 aliphatic carbocycles. The van der Waals surface area contributed by atoms with Gasteiger partial charge < -0.3 is 0 Å². The van der Waals surface area contributed by atoms with Crippen molar-refractivity contribution in [2.24, 2.45) is 5.92 Å². The fraction of sp³-hybridized carbons (Fsp3) is 0.895. The summed E-state index contributed by atoms with van der Waals surface area (Å²) in [4.78, 5) is 0. The Balaban J connectivity index is 1.72. The maximum Gasteiger partial charge on any atom is 0.107 e. The molecule has 3 fully saturated rings. The van der Waals surface area contributed by atoms with Crippen molar-refractivity contribution >= 4 is 11.8 Å². The standard InChI is InChI=1S/C19H32N2S/c1-2-15-22-18-20-17-13-9-10-14-19(17,21-18)16-11-7-5-3-4-6-8-12-16/h1,16-18,20-21H,3-15H2. The second kappa shape index (κ2) is 8.08. The SMILES string of the molecule is C#CCSC1NC2CCCCC2(C2CCCCCCCC2)N1. The van der Waals surface area contributed by atoms with Crippen LogP contribution in [0.4, 0.5) is 0 Å². The van der Waals surface area contributed by atoms with Gasteiger partial charge in [0, 0.05) is 11.6 Å². The minimum Gasteiger partial charge on any atom is -0.289 e. The van der Waals surface area contributed by atoms with Crippen LogP contribution in [0.3, 0.4) is 0 Å². The molecule has 0 bridgehead atoms. The molecule has 124 valence electrons. The lowest BCUT2D eigenvalue weighted by Crippen LogP contribution is -2.57. The van der Waals surface area contributed by atoms with E-state index >= 15 is 0 Å². The first-order chi connectivity index (χ1) is 10.8. The van der Waals surface area contributed by atoms with E-state index in [1.54, 1.807) is 0 Å². The van der Waals surface area contributed by atoms with E-state index in [2.05, 4.69) is 16.6 Å². The first-order valence-corrected chi connectivity index (χ1v) is 10.5. The molecule has 2 saturated carbocycles. The zero-order chi connectivity index (χ0) is 15.3. The molecule has 0 radical (unpaired) electrons. The van der Waals surface area contributed by atoms with Crippen LogP contribution >= 0.6 is 11.8 Å². The predicted molar refractivity (Wildman–Crippen MR) is 96.8 cm³/mol. The van der Waals surface area contributed by atoms with Crippen LogP contribution in [-0.4, -0.2) is 22.8 Å². The normalized spacial score (nSPS) is 37.6. The van der Waals surface area contributed by atoms with Gasteiger partial charge in [-0.3, -0.25) is 10.6 Å². The molecule has 3 heteroatoms. The van der Waals surface area contributed by atoms with Crippen molar-refractivity contribution in [2.75, 3.05) is 5.75 Å². The van der Waals surface area contributed by atoms with Gasteiger partial charge in [0.25, 0.3) is 0 Å². The van der Waals surface area contributed by atoms with E-state index in [-0.39, 0.29) is 0 Å². The summed E-state index contributed by atoms with van der Waals surface area (Å²) in [5, 5.41) is 7.91. The molecule has 0 aromatic rings. The molecule has 3 aliphatic rings. The fourth-order valence-electron chi connectivity index (χ4n) is 5.05. The summed E-state index contributed by atoms with van der Waals surface area (Å²) in [6.07, 6.45) is 22.5. The predicted octanol–water partition coefficient (Wildman–Crippen LogP) is 4.26. The molecule has 0 amide bonds. The van der Waals surface area contributed by atoms with Crippen molar-refractivity contribution in [1.82, 2.24) is 10.6 Å². The third-order valence-corrected chi connectivity index (χ3v) is 7.05. The quantitative estimate of drug-likeness (QED) is 0.760. The van der Waals surface area contributed by atoms with Gasteiger partial charge in [0.2, 0.25) is 0 Å². The van der Waals surface area contributed by atoms with Gasteiger partial charge in [-0.1, -0.05) is 57.3 Å². The summed E-state index contributed by atoms with van der Waals surface area (Å²) >= 11 is 1.87. The van der Waals surface area contributed by atoms with Crippen LogP contribution in [0.1, 0.15) is 77.0 Å². The molecule has 1 saturated heterocycles. The first-order valence-electron chi connectivity index (χ1n) is 9.44. The topological polar surface area (TPSA) is 24.1 Å². The van der Waals surface area contributed by atoms with Gasteiger partial charge in [0.05, 0.1) is 5.75 Å². The molecule has 1 aliphatic heterocycles. The second-order valence-electron chi connectivity index (χ2n) is 7.44. The highest BCUT2D eigenvalue weighted by atomic mass is 32.2. The maximum atomic E-state index is 5.46. The van der Waals surface area contributed by atoms with Gasteiger partial charge in [-0.25, -0.2) is 0 Å². The number of thioether (sulfide) groups is 1. The number of hydrogen-bond acceptors (Lipinski definition) is 3. The number of nitrogens with one attached hydrogen (secondary N) is 2. The molecule has 2 nitrogen and oxygen atoms in total. The average molecular weight is 321 g/mol. The zero-order valence-corrected chi connectivity index (χ0v) is 14.7. The maximum absolute atomic E-state index is 5.46. The lowest BCUT2D eigenvalue weighted by Gasteiger charge is -2.45. The van der Waals surface area contributed by atoms with Crippen LogP contribution < -0.4 is 10.6 Å². The van der Waals surface area contributed by atoms with Gasteiger partial charge in [0.1, 0.15) is 5.50 Å². The van der Waals surface area contributed by atoms with E-state index in [1.807, 2.05) is 11.8 Å². The van der Waals surface area contributed by atoms with Gasteiger partial charge in [0.15, 0.2) is 0 Å². The highest BCUT2D eigenvalue weighted by Crippen LogP contribution is 2.44. The summed E-state index contributed by atoms with van der Waals surface area (Å²) in [6.45, 7) is 0. The van der Waals surface area contributed by atoms with Gasteiger partial charge >= 0.3 is 0 Å². The molecule has 1 heterocycles. The first kappa shape index (κ1) is 16.7. The van der Waals surface area contributed by atoms with Crippen LogP contribution in [0.25, 0.3) is 0 Å². The number of rotatable bonds is 3. The van der Waals surface area contributed by atoms with Crippen molar-refractivity contribution in [3.05, 3.63) is 0 Å². The minimum atomic E-state index is 0.356. The van der Waals surface area contributed by atoms with Crippen molar-refractivity contribution in [3.63, 3.8) is 0 Å². The summed E-state index contributed by atoms with van der Waals surface area (Å²) in [5.74, 6) is 4.44.